The van der Waals surface area contributed by atoms with Crippen molar-refractivity contribution < 1.29 is 14.3 Å². The summed E-state index contributed by atoms with van der Waals surface area (Å²) in [6, 6.07) is 6.01. The van der Waals surface area contributed by atoms with Crippen LogP contribution in [0.5, 0.6) is 11.5 Å². The van der Waals surface area contributed by atoms with E-state index >= 15 is 0 Å². The van der Waals surface area contributed by atoms with Crippen LogP contribution in [-0.4, -0.2) is 26.7 Å². The molecule has 0 heterocycles. The first-order valence-electron chi connectivity index (χ1n) is 6.64. The molecule has 0 unspecified atom stereocenters. The SMILES string of the molecule is CCC(=O)NCC1(c2ccc(OC)c(OC)c2)CC1. The average Bonchev–Trinajstić information content (AvgIpc) is 3.25. The summed E-state index contributed by atoms with van der Waals surface area (Å²) >= 11 is 0. The maximum absolute atomic E-state index is 11.4. The molecule has 1 aliphatic rings. The molecule has 1 aliphatic carbocycles. The van der Waals surface area contributed by atoms with Crippen LogP contribution >= 0.6 is 0 Å². The molecule has 2 rings (SSSR count). The Morgan fingerprint density at radius 1 is 1.26 bits per heavy atom. The second kappa shape index (κ2) is 5.51. The Morgan fingerprint density at radius 2 is 1.95 bits per heavy atom. The fourth-order valence-corrected chi connectivity index (χ4v) is 2.28. The zero-order chi connectivity index (χ0) is 13.9. The minimum absolute atomic E-state index is 0.0877. The molecule has 0 aromatic heterocycles. The van der Waals surface area contributed by atoms with Gasteiger partial charge in [-0.1, -0.05) is 13.0 Å². The number of nitrogens with one attached hydrogen (secondary N) is 1. The summed E-state index contributed by atoms with van der Waals surface area (Å²) in [6.07, 6.45) is 2.74. The first kappa shape index (κ1) is 13.7. The summed E-state index contributed by atoms with van der Waals surface area (Å²) in [6.45, 7) is 2.57. The first-order valence-corrected chi connectivity index (χ1v) is 6.64. The molecule has 19 heavy (non-hydrogen) atoms. The molecule has 0 aliphatic heterocycles. The lowest BCUT2D eigenvalue weighted by Crippen LogP contribution is -2.31. The lowest BCUT2D eigenvalue weighted by atomic mass is 9.95. The van der Waals surface area contributed by atoms with Gasteiger partial charge in [0, 0.05) is 18.4 Å². The third-order valence-electron chi connectivity index (χ3n) is 3.79. The molecule has 0 bridgehead atoms. The van der Waals surface area contributed by atoms with Crippen LogP contribution < -0.4 is 14.8 Å². The molecule has 1 aromatic rings. The van der Waals surface area contributed by atoms with Gasteiger partial charge in [0.15, 0.2) is 11.5 Å². The van der Waals surface area contributed by atoms with E-state index in [9.17, 15) is 4.79 Å². The summed E-state index contributed by atoms with van der Waals surface area (Å²) < 4.78 is 10.6. The van der Waals surface area contributed by atoms with Crippen LogP contribution in [0.3, 0.4) is 0 Å². The van der Waals surface area contributed by atoms with Gasteiger partial charge in [0.05, 0.1) is 14.2 Å². The highest BCUT2D eigenvalue weighted by Gasteiger charge is 2.44. The molecule has 0 saturated heterocycles. The van der Waals surface area contributed by atoms with Crippen molar-refractivity contribution in [2.45, 2.75) is 31.6 Å². The molecule has 0 atom stereocenters. The highest BCUT2D eigenvalue weighted by Crippen LogP contribution is 2.49. The molecule has 0 radical (unpaired) electrons. The predicted molar refractivity (Wildman–Crippen MR) is 73.8 cm³/mol. The zero-order valence-corrected chi connectivity index (χ0v) is 11.8. The lowest BCUT2D eigenvalue weighted by molar-refractivity contribution is -0.120. The van der Waals surface area contributed by atoms with E-state index in [2.05, 4.69) is 11.4 Å². The van der Waals surface area contributed by atoms with Crippen molar-refractivity contribution in [3.8, 4) is 11.5 Å². The number of ether oxygens (including phenoxy) is 2. The lowest BCUT2D eigenvalue weighted by Gasteiger charge is -2.18. The topological polar surface area (TPSA) is 47.6 Å². The molecule has 1 saturated carbocycles. The monoisotopic (exact) mass is 263 g/mol. The molecular weight excluding hydrogens is 242 g/mol. The fourth-order valence-electron chi connectivity index (χ4n) is 2.28. The van der Waals surface area contributed by atoms with E-state index in [0.717, 1.165) is 24.3 Å². The van der Waals surface area contributed by atoms with E-state index in [1.54, 1.807) is 14.2 Å². The maximum atomic E-state index is 11.4. The Bertz CT molecular complexity index is 466. The van der Waals surface area contributed by atoms with Crippen molar-refractivity contribution in [1.29, 1.82) is 0 Å². The normalized spacial score (nSPS) is 15.7. The third-order valence-corrected chi connectivity index (χ3v) is 3.79. The molecular formula is C15H21NO3. The molecule has 4 heteroatoms. The number of carbonyl (C=O) groups is 1. The summed E-state index contributed by atoms with van der Waals surface area (Å²) in [5, 5.41) is 2.99. The van der Waals surface area contributed by atoms with Crippen LogP contribution in [-0.2, 0) is 10.2 Å². The Kier molecular flexibility index (Phi) is 3.98. The number of hydrogen-bond acceptors (Lipinski definition) is 3. The summed E-state index contributed by atoms with van der Waals surface area (Å²) in [5.41, 5.74) is 1.30. The Labute approximate surface area is 114 Å². The van der Waals surface area contributed by atoms with Crippen LogP contribution in [0.1, 0.15) is 31.7 Å². The fraction of sp³-hybridized carbons (Fsp3) is 0.533. The number of amides is 1. The largest absolute Gasteiger partial charge is 0.493 e. The maximum Gasteiger partial charge on any atom is 0.219 e. The second-order valence-corrected chi connectivity index (χ2v) is 4.98. The Hall–Kier alpha value is -1.71. The van der Waals surface area contributed by atoms with Gasteiger partial charge in [-0.05, 0) is 30.5 Å². The Morgan fingerprint density at radius 3 is 2.47 bits per heavy atom. The molecule has 1 fully saturated rings. The van der Waals surface area contributed by atoms with Crippen molar-refractivity contribution in [1.82, 2.24) is 5.32 Å². The van der Waals surface area contributed by atoms with Gasteiger partial charge in [0.1, 0.15) is 0 Å². The Balaban J connectivity index is 2.15. The molecule has 104 valence electrons. The second-order valence-electron chi connectivity index (χ2n) is 4.98. The van der Waals surface area contributed by atoms with Crippen molar-refractivity contribution in [3.05, 3.63) is 23.8 Å². The summed E-state index contributed by atoms with van der Waals surface area (Å²) in [5.74, 6) is 1.58. The van der Waals surface area contributed by atoms with Gasteiger partial charge in [-0.15, -0.1) is 0 Å². The van der Waals surface area contributed by atoms with Gasteiger partial charge < -0.3 is 14.8 Å². The number of rotatable bonds is 6. The number of benzene rings is 1. The van der Waals surface area contributed by atoms with Gasteiger partial charge in [0.2, 0.25) is 5.91 Å². The van der Waals surface area contributed by atoms with E-state index < -0.39 is 0 Å². The van der Waals surface area contributed by atoms with E-state index in [0.29, 0.717) is 13.0 Å². The molecule has 1 amide bonds. The number of carbonyl (C=O) groups excluding carboxylic acids is 1. The van der Waals surface area contributed by atoms with Gasteiger partial charge >= 0.3 is 0 Å². The van der Waals surface area contributed by atoms with Crippen molar-refractivity contribution >= 4 is 5.91 Å². The molecule has 1 N–H and O–H groups in total. The van der Waals surface area contributed by atoms with Crippen molar-refractivity contribution in [2.75, 3.05) is 20.8 Å². The molecule has 4 nitrogen and oxygen atoms in total. The van der Waals surface area contributed by atoms with Gasteiger partial charge in [-0.2, -0.15) is 0 Å². The van der Waals surface area contributed by atoms with Crippen molar-refractivity contribution in [3.63, 3.8) is 0 Å². The zero-order valence-electron chi connectivity index (χ0n) is 11.8. The minimum atomic E-state index is 0.0877. The van der Waals surface area contributed by atoms with Crippen LogP contribution in [0, 0.1) is 0 Å². The van der Waals surface area contributed by atoms with E-state index in [-0.39, 0.29) is 11.3 Å². The van der Waals surface area contributed by atoms with Crippen LogP contribution in [0.25, 0.3) is 0 Å². The highest BCUT2D eigenvalue weighted by atomic mass is 16.5. The van der Waals surface area contributed by atoms with Gasteiger partial charge in [-0.3, -0.25) is 4.79 Å². The highest BCUT2D eigenvalue weighted by molar-refractivity contribution is 5.75. The van der Waals surface area contributed by atoms with E-state index in [4.69, 9.17) is 9.47 Å². The van der Waals surface area contributed by atoms with Gasteiger partial charge in [0.25, 0.3) is 0 Å². The summed E-state index contributed by atoms with van der Waals surface area (Å²) in [4.78, 5) is 11.4. The average molecular weight is 263 g/mol. The summed E-state index contributed by atoms with van der Waals surface area (Å²) in [7, 11) is 3.27. The van der Waals surface area contributed by atoms with Crippen LogP contribution in [0.4, 0.5) is 0 Å². The quantitative estimate of drug-likeness (QED) is 0.856. The number of hydrogen-bond donors (Lipinski definition) is 1. The standard InChI is InChI=1S/C15H21NO3/c1-4-14(17)16-10-15(7-8-15)11-5-6-12(18-2)13(9-11)19-3/h5-6,9H,4,7-8,10H2,1-3H3,(H,16,17). The first-order chi connectivity index (χ1) is 9.15. The molecule has 1 aromatic carbocycles. The van der Waals surface area contributed by atoms with E-state index in [1.165, 1.54) is 5.56 Å². The third kappa shape index (κ3) is 2.83. The smallest absolute Gasteiger partial charge is 0.219 e. The van der Waals surface area contributed by atoms with E-state index in [1.807, 2.05) is 19.1 Å². The minimum Gasteiger partial charge on any atom is -0.493 e. The van der Waals surface area contributed by atoms with Crippen LogP contribution in [0.15, 0.2) is 18.2 Å². The van der Waals surface area contributed by atoms with Crippen LogP contribution in [0.2, 0.25) is 0 Å². The van der Waals surface area contributed by atoms with Crippen molar-refractivity contribution in [2.24, 2.45) is 0 Å². The predicted octanol–water partition coefficient (Wildman–Crippen LogP) is 2.26. The van der Waals surface area contributed by atoms with Gasteiger partial charge in [-0.25, -0.2) is 0 Å². The number of methoxy groups -OCH3 is 2. The molecule has 0 spiro atoms.